The minimum Gasteiger partial charge on any atom is -0.490 e. The van der Waals surface area contributed by atoms with E-state index in [0.29, 0.717) is 30.0 Å². The molecule has 2 rings (SSSR count). The Hall–Kier alpha value is -2.44. The van der Waals surface area contributed by atoms with Crippen LogP contribution in [-0.4, -0.2) is 22.4 Å². The van der Waals surface area contributed by atoms with Crippen LogP contribution in [0.1, 0.15) is 29.7 Å². The molecule has 0 radical (unpaired) electrons. The van der Waals surface area contributed by atoms with Crippen LogP contribution in [-0.2, 0) is 6.61 Å². The Morgan fingerprint density at radius 3 is 2.81 bits per heavy atom. The van der Waals surface area contributed by atoms with Crippen LogP contribution in [0, 0.1) is 0 Å². The van der Waals surface area contributed by atoms with Crippen molar-refractivity contribution in [2.24, 2.45) is 0 Å². The van der Waals surface area contributed by atoms with E-state index in [0.717, 1.165) is 4.57 Å². The van der Waals surface area contributed by atoms with Crippen LogP contribution >= 0.6 is 0 Å². The third-order valence-corrected chi connectivity index (χ3v) is 2.72. The molecule has 1 aromatic carbocycles. The van der Waals surface area contributed by atoms with Crippen molar-refractivity contribution >= 4 is 6.29 Å². The smallest absolute Gasteiger partial charge is 0.320 e. The SMILES string of the molecule is CCOc1cc(C=O)ccc1OCc1nccn1C(F)F. The van der Waals surface area contributed by atoms with Gasteiger partial charge in [0.2, 0.25) is 0 Å². The number of hydrogen-bond acceptors (Lipinski definition) is 4. The first-order chi connectivity index (χ1) is 10.2. The number of carbonyl (C=O) groups excluding carboxylic acids is 1. The Morgan fingerprint density at radius 1 is 1.33 bits per heavy atom. The number of imidazole rings is 1. The molecular formula is C14H14F2N2O3. The summed E-state index contributed by atoms with van der Waals surface area (Å²) >= 11 is 0. The first-order valence-electron chi connectivity index (χ1n) is 6.30. The van der Waals surface area contributed by atoms with Crippen molar-refractivity contribution in [3.05, 3.63) is 42.0 Å². The van der Waals surface area contributed by atoms with Crippen molar-refractivity contribution in [3.63, 3.8) is 0 Å². The number of aldehydes is 1. The molecule has 5 nitrogen and oxygen atoms in total. The predicted octanol–water partition coefficient (Wildman–Crippen LogP) is 3.07. The van der Waals surface area contributed by atoms with E-state index in [1.165, 1.54) is 18.5 Å². The molecule has 2 aromatic rings. The van der Waals surface area contributed by atoms with Crippen molar-refractivity contribution in [2.75, 3.05) is 6.61 Å². The van der Waals surface area contributed by atoms with Gasteiger partial charge in [0.05, 0.1) is 6.61 Å². The molecule has 7 heteroatoms. The fraction of sp³-hybridized carbons (Fsp3) is 0.286. The summed E-state index contributed by atoms with van der Waals surface area (Å²) in [7, 11) is 0. The van der Waals surface area contributed by atoms with E-state index in [-0.39, 0.29) is 12.4 Å². The molecule has 112 valence electrons. The molecule has 1 aromatic heterocycles. The molecule has 0 saturated heterocycles. The minimum atomic E-state index is -2.67. The predicted molar refractivity (Wildman–Crippen MR) is 70.8 cm³/mol. The number of nitrogens with zero attached hydrogens (tertiary/aromatic N) is 2. The maximum atomic E-state index is 12.7. The second kappa shape index (κ2) is 6.83. The second-order valence-corrected chi connectivity index (χ2v) is 4.07. The van der Waals surface area contributed by atoms with Gasteiger partial charge in [-0.2, -0.15) is 8.78 Å². The van der Waals surface area contributed by atoms with E-state index in [2.05, 4.69) is 4.98 Å². The molecule has 0 saturated carbocycles. The summed E-state index contributed by atoms with van der Waals surface area (Å²) in [6.07, 6.45) is 3.15. The third kappa shape index (κ3) is 3.56. The number of halogens is 2. The molecule has 0 amide bonds. The zero-order chi connectivity index (χ0) is 15.2. The van der Waals surface area contributed by atoms with Crippen LogP contribution in [0.3, 0.4) is 0 Å². The molecule has 0 bridgehead atoms. The first-order valence-corrected chi connectivity index (χ1v) is 6.30. The number of ether oxygens (including phenoxy) is 2. The number of aromatic nitrogens is 2. The summed E-state index contributed by atoms with van der Waals surface area (Å²) < 4.78 is 36.9. The van der Waals surface area contributed by atoms with Crippen LogP contribution in [0.4, 0.5) is 8.78 Å². The summed E-state index contributed by atoms with van der Waals surface area (Å²) in [4.78, 5) is 14.6. The molecule has 1 heterocycles. The molecule has 0 aliphatic rings. The van der Waals surface area contributed by atoms with Gasteiger partial charge in [0.15, 0.2) is 17.3 Å². The van der Waals surface area contributed by atoms with Gasteiger partial charge < -0.3 is 9.47 Å². The molecule has 0 fully saturated rings. The molecule has 0 N–H and O–H groups in total. The van der Waals surface area contributed by atoms with Gasteiger partial charge in [-0.3, -0.25) is 9.36 Å². The van der Waals surface area contributed by atoms with Gasteiger partial charge in [0, 0.05) is 18.0 Å². The summed E-state index contributed by atoms with van der Waals surface area (Å²) in [6, 6.07) is 4.65. The topological polar surface area (TPSA) is 53.4 Å². The van der Waals surface area contributed by atoms with Gasteiger partial charge in [-0.15, -0.1) is 0 Å². The third-order valence-electron chi connectivity index (χ3n) is 2.72. The van der Waals surface area contributed by atoms with Crippen molar-refractivity contribution < 1.29 is 23.0 Å². The Kier molecular flexibility index (Phi) is 4.86. The van der Waals surface area contributed by atoms with Gasteiger partial charge in [0.1, 0.15) is 12.9 Å². The highest BCUT2D eigenvalue weighted by Crippen LogP contribution is 2.29. The lowest BCUT2D eigenvalue weighted by Crippen LogP contribution is -2.08. The highest BCUT2D eigenvalue weighted by atomic mass is 19.3. The highest BCUT2D eigenvalue weighted by Gasteiger charge is 2.13. The Morgan fingerprint density at radius 2 is 2.14 bits per heavy atom. The van der Waals surface area contributed by atoms with Crippen molar-refractivity contribution in [1.29, 1.82) is 0 Å². The fourth-order valence-electron chi connectivity index (χ4n) is 1.76. The lowest BCUT2D eigenvalue weighted by molar-refractivity contribution is 0.0631. The van der Waals surface area contributed by atoms with E-state index >= 15 is 0 Å². The average Bonchev–Trinajstić information content (AvgIpc) is 2.95. The average molecular weight is 296 g/mol. The summed E-state index contributed by atoms with van der Waals surface area (Å²) in [6.45, 7) is -0.613. The van der Waals surface area contributed by atoms with Crippen LogP contribution < -0.4 is 9.47 Å². The van der Waals surface area contributed by atoms with Gasteiger partial charge in [-0.25, -0.2) is 4.98 Å². The van der Waals surface area contributed by atoms with E-state index < -0.39 is 6.55 Å². The van der Waals surface area contributed by atoms with E-state index in [1.54, 1.807) is 19.1 Å². The molecule has 0 unspecified atom stereocenters. The lowest BCUT2D eigenvalue weighted by Gasteiger charge is -2.13. The van der Waals surface area contributed by atoms with Crippen LogP contribution in [0.25, 0.3) is 0 Å². The van der Waals surface area contributed by atoms with E-state index in [4.69, 9.17) is 9.47 Å². The van der Waals surface area contributed by atoms with Gasteiger partial charge in [0.25, 0.3) is 0 Å². The molecule has 0 atom stereocenters. The number of hydrogen-bond donors (Lipinski definition) is 0. The van der Waals surface area contributed by atoms with Crippen LogP contribution in [0.5, 0.6) is 11.5 Å². The summed E-state index contributed by atoms with van der Waals surface area (Å²) in [5.41, 5.74) is 0.444. The Bertz CT molecular complexity index is 614. The standard InChI is InChI=1S/C14H14F2N2O3/c1-2-20-12-7-10(8-19)3-4-11(12)21-9-13-17-5-6-18(13)14(15)16/h3-8,14H,2,9H2,1H3. The van der Waals surface area contributed by atoms with Crippen LogP contribution in [0.15, 0.2) is 30.6 Å². The first kappa shape index (κ1) is 15.0. The van der Waals surface area contributed by atoms with Gasteiger partial charge in [-0.05, 0) is 25.1 Å². The number of rotatable bonds is 7. The van der Waals surface area contributed by atoms with Crippen molar-refractivity contribution in [2.45, 2.75) is 20.1 Å². The monoisotopic (exact) mass is 296 g/mol. The molecule has 0 aliphatic carbocycles. The summed E-state index contributed by atoms with van der Waals surface area (Å²) in [5.74, 6) is 0.857. The fourth-order valence-corrected chi connectivity index (χ4v) is 1.76. The van der Waals surface area contributed by atoms with Crippen LogP contribution in [0.2, 0.25) is 0 Å². The maximum absolute atomic E-state index is 12.7. The van der Waals surface area contributed by atoms with E-state index in [1.807, 2.05) is 0 Å². The molecule has 0 spiro atoms. The van der Waals surface area contributed by atoms with Gasteiger partial charge in [-0.1, -0.05) is 0 Å². The number of benzene rings is 1. The van der Waals surface area contributed by atoms with Gasteiger partial charge >= 0.3 is 6.55 Å². The molecule has 0 aliphatic heterocycles. The maximum Gasteiger partial charge on any atom is 0.320 e. The quantitative estimate of drug-likeness (QED) is 0.737. The zero-order valence-corrected chi connectivity index (χ0v) is 11.3. The zero-order valence-electron chi connectivity index (χ0n) is 11.3. The molecular weight excluding hydrogens is 282 g/mol. The summed E-state index contributed by atoms with van der Waals surface area (Å²) in [5, 5.41) is 0. The normalized spacial score (nSPS) is 10.7. The largest absolute Gasteiger partial charge is 0.490 e. The highest BCUT2D eigenvalue weighted by molar-refractivity contribution is 5.76. The molecule has 21 heavy (non-hydrogen) atoms. The van der Waals surface area contributed by atoms with Crippen molar-refractivity contribution in [1.82, 2.24) is 9.55 Å². The number of carbonyl (C=O) groups is 1. The van der Waals surface area contributed by atoms with Crippen molar-refractivity contribution in [3.8, 4) is 11.5 Å². The minimum absolute atomic E-state index is 0.104. The number of alkyl halides is 2. The Balaban J connectivity index is 2.15. The second-order valence-electron chi connectivity index (χ2n) is 4.07. The lowest BCUT2D eigenvalue weighted by atomic mass is 10.2. The van der Waals surface area contributed by atoms with E-state index in [9.17, 15) is 13.6 Å². The Labute approximate surface area is 120 Å².